The van der Waals surface area contributed by atoms with Crippen molar-refractivity contribution in [3.8, 4) is 34.1 Å². The molecule has 0 aromatic heterocycles. The Balaban J connectivity index is 2.12. The zero-order chi connectivity index (χ0) is 21.6. The zero-order valence-corrected chi connectivity index (χ0v) is 18.4. The number of ether oxygens (including phenoxy) is 3. The first kappa shape index (κ1) is 20.4. The van der Waals surface area contributed by atoms with Gasteiger partial charge >= 0.3 is 0 Å². The second-order valence-electron chi connectivity index (χ2n) is 8.02. The van der Waals surface area contributed by atoms with Gasteiger partial charge in [-0.25, -0.2) is 0 Å². The summed E-state index contributed by atoms with van der Waals surface area (Å²) in [5, 5.41) is 16.6. The Morgan fingerprint density at radius 2 is 1.70 bits per heavy atom. The number of aromatic hydroxyl groups is 1. The quantitative estimate of drug-likeness (QED) is 0.627. The normalized spacial score (nSPS) is 18.2. The molecule has 158 valence electrons. The molecule has 0 saturated carbocycles. The maximum Gasteiger partial charge on any atom is 0.135 e. The first-order chi connectivity index (χ1) is 14.4. The van der Waals surface area contributed by atoms with Gasteiger partial charge in [0.2, 0.25) is 0 Å². The van der Waals surface area contributed by atoms with Gasteiger partial charge in [-0.2, -0.15) is 0 Å². The standard InChI is InChI=1S/C25H29NO4/c1-13-10-20(29-5)23-17(8-7-9-19(23)28-4)21(13)24-18(27)12-16-11-14(2)26-15(3)22(16)25(24)30-6/h7-10,12,14-15,26-27H,11H2,1-6H3. The number of benzene rings is 3. The number of rotatable bonds is 4. The van der Waals surface area contributed by atoms with Crippen LogP contribution in [0.2, 0.25) is 0 Å². The first-order valence-corrected chi connectivity index (χ1v) is 10.2. The van der Waals surface area contributed by atoms with Crippen LogP contribution < -0.4 is 19.5 Å². The van der Waals surface area contributed by atoms with Crippen molar-refractivity contribution in [2.24, 2.45) is 0 Å². The molecule has 1 aliphatic heterocycles. The summed E-state index contributed by atoms with van der Waals surface area (Å²) in [4.78, 5) is 0. The maximum atomic E-state index is 11.2. The summed E-state index contributed by atoms with van der Waals surface area (Å²) in [7, 11) is 4.98. The Hall–Kier alpha value is -2.92. The van der Waals surface area contributed by atoms with Crippen LogP contribution >= 0.6 is 0 Å². The van der Waals surface area contributed by atoms with E-state index in [9.17, 15) is 5.11 Å². The number of phenolic OH excluding ortho intramolecular Hbond substituents is 1. The van der Waals surface area contributed by atoms with Gasteiger partial charge < -0.3 is 24.6 Å². The molecule has 1 heterocycles. The summed E-state index contributed by atoms with van der Waals surface area (Å²) in [5.41, 5.74) is 4.85. The van der Waals surface area contributed by atoms with E-state index in [1.807, 2.05) is 37.3 Å². The fourth-order valence-corrected chi connectivity index (χ4v) is 4.92. The zero-order valence-electron chi connectivity index (χ0n) is 18.4. The molecule has 0 amide bonds. The SMILES string of the molecule is COc1c(-c2c(C)cc(OC)c3c(OC)cccc23)c(O)cc2c1C(C)NC(C)C2. The third-order valence-electron chi connectivity index (χ3n) is 6.06. The van der Waals surface area contributed by atoms with E-state index in [1.165, 1.54) is 0 Å². The summed E-state index contributed by atoms with van der Waals surface area (Å²) >= 11 is 0. The molecule has 0 spiro atoms. The summed E-state index contributed by atoms with van der Waals surface area (Å²) < 4.78 is 17.2. The molecule has 0 bridgehead atoms. The van der Waals surface area contributed by atoms with Crippen molar-refractivity contribution in [1.29, 1.82) is 0 Å². The van der Waals surface area contributed by atoms with Crippen LogP contribution in [-0.2, 0) is 6.42 Å². The number of methoxy groups -OCH3 is 3. The van der Waals surface area contributed by atoms with E-state index in [1.54, 1.807) is 21.3 Å². The van der Waals surface area contributed by atoms with Gasteiger partial charge in [0.05, 0.1) is 32.3 Å². The highest BCUT2D eigenvalue weighted by Crippen LogP contribution is 2.51. The van der Waals surface area contributed by atoms with Crippen molar-refractivity contribution < 1.29 is 19.3 Å². The van der Waals surface area contributed by atoms with Gasteiger partial charge in [-0.1, -0.05) is 12.1 Å². The number of fused-ring (bicyclic) bond motifs is 2. The Bertz CT molecular complexity index is 1120. The highest BCUT2D eigenvalue weighted by Gasteiger charge is 2.30. The molecule has 2 atom stereocenters. The molecule has 5 nitrogen and oxygen atoms in total. The molecule has 0 fully saturated rings. The molecule has 0 saturated heterocycles. The summed E-state index contributed by atoms with van der Waals surface area (Å²) in [6, 6.07) is 10.3. The van der Waals surface area contributed by atoms with E-state index in [0.29, 0.717) is 17.4 Å². The summed E-state index contributed by atoms with van der Waals surface area (Å²) in [6.45, 7) is 6.32. The van der Waals surface area contributed by atoms with Gasteiger partial charge in [0.25, 0.3) is 0 Å². The van der Waals surface area contributed by atoms with Crippen molar-refractivity contribution >= 4 is 10.8 Å². The number of nitrogens with one attached hydrogen (secondary N) is 1. The average Bonchev–Trinajstić information content (AvgIpc) is 2.72. The molecule has 1 aliphatic rings. The van der Waals surface area contributed by atoms with E-state index in [4.69, 9.17) is 14.2 Å². The van der Waals surface area contributed by atoms with Crippen molar-refractivity contribution in [3.63, 3.8) is 0 Å². The van der Waals surface area contributed by atoms with Crippen molar-refractivity contribution in [3.05, 3.63) is 47.0 Å². The fraction of sp³-hybridized carbons (Fsp3) is 0.360. The minimum atomic E-state index is 0.123. The second kappa shape index (κ2) is 7.73. The molecule has 0 radical (unpaired) electrons. The molecule has 30 heavy (non-hydrogen) atoms. The third-order valence-corrected chi connectivity index (χ3v) is 6.06. The summed E-state index contributed by atoms with van der Waals surface area (Å²) in [6.07, 6.45) is 0.847. The average molecular weight is 408 g/mol. The van der Waals surface area contributed by atoms with Crippen molar-refractivity contribution in [1.82, 2.24) is 5.32 Å². The molecular formula is C25H29NO4. The summed E-state index contributed by atoms with van der Waals surface area (Å²) in [5.74, 6) is 2.41. The lowest BCUT2D eigenvalue weighted by molar-refractivity contribution is 0.378. The van der Waals surface area contributed by atoms with Gasteiger partial charge in [0, 0.05) is 23.2 Å². The van der Waals surface area contributed by atoms with E-state index < -0.39 is 0 Å². The topological polar surface area (TPSA) is 60.0 Å². The van der Waals surface area contributed by atoms with E-state index in [0.717, 1.165) is 50.9 Å². The predicted molar refractivity (Wildman–Crippen MR) is 120 cm³/mol. The molecule has 0 aliphatic carbocycles. The molecule has 2 unspecified atom stereocenters. The van der Waals surface area contributed by atoms with Crippen LogP contribution in [0, 0.1) is 6.92 Å². The molecular weight excluding hydrogens is 378 g/mol. The van der Waals surface area contributed by atoms with Gasteiger partial charge in [-0.3, -0.25) is 0 Å². The van der Waals surface area contributed by atoms with Crippen LogP contribution in [0.3, 0.4) is 0 Å². The predicted octanol–water partition coefficient (Wildman–Crippen LogP) is 5.14. The molecule has 4 rings (SSSR count). The lowest BCUT2D eigenvalue weighted by Crippen LogP contribution is -2.36. The second-order valence-corrected chi connectivity index (χ2v) is 8.02. The highest BCUT2D eigenvalue weighted by molar-refractivity contribution is 6.07. The number of hydrogen-bond acceptors (Lipinski definition) is 5. The minimum absolute atomic E-state index is 0.123. The highest BCUT2D eigenvalue weighted by atomic mass is 16.5. The molecule has 3 aromatic carbocycles. The van der Waals surface area contributed by atoms with Crippen molar-refractivity contribution in [2.75, 3.05) is 21.3 Å². The van der Waals surface area contributed by atoms with E-state index >= 15 is 0 Å². The Morgan fingerprint density at radius 3 is 2.37 bits per heavy atom. The fourth-order valence-electron chi connectivity index (χ4n) is 4.92. The van der Waals surface area contributed by atoms with Crippen LogP contribution in [0.25, 0.3) is 21.9 Å². The Morgan fingerprint density at radius 1 is 0.967 bits per heavy atom. The van der Waals surface area contributed by atoms with Crippen molar-refractivity contribution in [2.45, 2.75) is 39.3 Å². The first-order valence-electron chi connectivity index (χ1n) is 10.2. The van der Waals surface area contributed by atoms with Gasteiger partial charge in [-0.05, 0) is 61.9 Å². The Labute approximate surface area is 177 Å². The van der Waals surface area contributed by atoms with Gasteiger partial charge in [0.15, 0.2) is 0 Å². The van der Waals surface area contributed by atoms with Crippen LogP contribution in [0.15, 0.2) is 30.3 Å². The number of aryl methyl sites for hydroxylation is 1. The van der Waals surface area contributed by atoms with Crippen LogP contribution in [0.1, 0.15) is 36.6 Å². The van der Waals surface area contributed by atoms with Crippen LogP contribution in [0.5, 0.6) is 23.0 Å². The van der Waals surface area contributed by atoms with E-state index in [2.05, 4.69) is 19.2 Å². The molecule has 5 heteroatoms. The van der Waals surface area contributed by atoms with Gasteiger partial charge in [0.1, 0.15) is 23.0 Å². The monoisotopic (exact) mass is 407 g/mol. The molecule has 3 aromatic rings. The minimum Gasteiger partial charge on any atom is -0.507 e. The number of phenols is 1. The van der Waals surface area contributed by atoms with Crippen LogP contribution in [0.4, 0.5) is 0 Å². The van der Waals surface area contributed by atoms with E-state index in [-0.39, 0.29) is 11.8 Å². The van der Waals surface area contributed by atoms with Gasteiger partial charge in [-0.15, -0.1) is 0 Å². The third kappa shape index (κ3) is 3.05. The number of hydrogen-bond donors (Lipinski definition) is 2. The largest absolute Gasteiger partial charge is 0.507 e. The Kier molecular flexibility index (Phi) is 5.24. The lowest BCUT2D eigenvalue weighted by Gasteiger charge is -2.32. The smallest absolute Gasteiger partial charge is 0.135 e. The lowest BCUT2D eigenvalue weighted by atomic mass is 9.84. The molecule has 2 N–H and O–H groups in total. The maximum absolute atomic E-state index is 11.2. The van der Waals surface area contributed by atoms with Crippen LogP contribution in [-0.4, -0.2) is 32.5 Å².